The predicted octanol–water partition coefficient (Wildman–Crippen LogP) is 1.62. The Balaban J connectivity index is 2.63. The standard InChI is InChI=1S/C4H10S2/c1-4(6)2-3-5/h4-6H,2-3H2,1H3/t4-/m1/s1. The zero-order chi connectivity index (χ0) is 4.99. The molecule has 1 atom stereocenters. The molecule has 2 heteroatoms. The van der Waals surface area contributed by atoms with Crippen molar-refractivity contribution in [3.05, 3.63) is 0 Å². The van der Waals surface area contributed by atoms with Crippen LogP contribution in [0, 0.1) is 0 Å². The summed E-state index contributed by atoms with van der Waals surface area (Å²) in [4.78, 5) is 0. The lowest BCUT2D eigenvalue weighted by atomic mass is 10.4. The quantitative estimate of drug-likeness (QED) is 0.511. The molecule has 0 aromatic rings. The van der Waals surface area contributed by atoms with Gasteiger partial charge >= 0.3 is 0 Å². The van der Waals surface area contributed by atoms with E-state index in [4.69, 9.17) is 0 Å². The zero-order valence-corrected chi connectivity index (χ0v) is 5.67. The van der Waals surface area contributed by atoms with Crippen LogP contribution in [0.4, 0.5) is 0 Å². The van der Waals surface area contributed by atoms with Crippen molar-refractivity contribution in [2.75, 3.05) is 5.75 Å². The van der Waals surface area contributed by atoms with E-state index in [1.165, 1.54) is 0 Å². The van der Waals surface area contributed by atoms with Crippen molar-refractivity contribution in [2.45, 2.75) is 18.6 Å². The average molecular weight is 122 g/mol. The highest BCUT2D eigenvalue weighted by molar-refractivity contribution is 7.81. The van der Waals surface area contributed by atoms with Crippen LogP contribution in [0.25, 0.3) is 0 Å². The molecular formula is C4H10S2. The van der Waals surface area contributed by atoms with Crippen LogP contribution in [0.5, 0.6) is 0 Å². The minimum atomic E-state index is 0.516. The fourth-order valence-corrected chi connectivity index (χ4v) is 0.907. The highest BCUT2D eigenvalue weighted by Crippen LogP contribution is 1.98. The van der Waals surface area contributed by atoms with Gasteiger partial charge in [0.1, 0.15) is 0 Å². The molecule has 0 fully saturated rings. The number of rotatable bonds is 2. The van der Waals surface area contributed by atoms with Gasteiger partial charge in [0.25, 0.3) is 0 Å². The second-order valence-electron chi connectivity index (χ2n) is 1.36. The van der Waals surface area contributed by atoms with Crippen molar-refractivity contribution in [2.24, 2.45) is 0 Å². The first kappa shape index (κ1) is 6.70. The van der Waals surface area contributed by atoms with E-state index in [1.807, 2.05) is 0 Å². The molecule has 0 saturated carbocycles. The second-order valence-corrected chi connectivity index (χ2v) is 2.69. The fourth-order valence-electron chi connectivity index (χ4n) is 0.187. The van der Waals surface area contributed by atoms with E-state index >= 15 is 0 Å². The third-order valence-corrected chi connectivity index (χ3v) is 1.06. The Morgan fingerprint density at radius 3 is 2.17 bits per heavy atom. The molecule has 0 aromatic heterocycles. The van der Waals surface area contributed by atoms with Gasteiger partial charge in [0, 0.05) is 0 Å². The summed E-state index contributed by atoms with van der Waals surface area (Å²) in [5.74, 6) is 0.949. The van der Waals surface area contributed by atoms with Gasteiger partial charge in [-0.2, -0.15) is 25.3 Å². The van der Waals surface area contributed by atoms with Gasteiger partial charge in [0.05, 0.1) is 0 Å². The molecule has 0 heterocycles. The molecule has 0 aliphatic rings. The van der Waals surface area contributed by atoms with Crippen LogP contribution in [0.3, 0.4) is 0 Å². The minimum Gasteiger partial charge on any atom is -0.179 e. The Kier molecular flexibility index (Phi) is 4.33. The maximum atomic E-state index is 4.13. The van der Waals surface area contributed by atoms with Gasteiger partial charge in [-0.05, 0) is 17.4 Å². The van der Waals surface area contributed by atoms with Crippen LogP contribution in [-0.2, 0) is 0 Å². The van der Waals surface area contributed by atoms with E-state index in [0.717, 1.165) is 12.2 Å². The van der Waals surface area contributed by atoms with Crippen LogP contribution < -0.4 is 0 Å². The van der Waals surface area contributed by atoms with Crippen LogP contribution >= 0.6 is 25.3 Å². The van der Waals surface area contributed by atoms with Crippen LogP contribution in [-0.4, -0.2) is 11.0 Å². The highest BCUT2D eigenvalue weighted by atomic mass is 32.1. The lowest BCUT2D eigenvalue weighted by molar-refractivity contribution is 0.927. The fraction of sp³-hybridized carbons (Fsp3) is 1.00. The first-order chi connectivity index (χ1) is 2.77. The molecule has 0 bridgehead atoms. The molecule has 0 aliphatic heterocycles. The topological polar surface area (TPSA) is 0 Å². The summed E-state index contributed by atoms with van der Waals surface area (Å²) in [6.45, 7) is 2.07. The zero-order valence-electron chi connectivity index (χ0n) is 3.89. The summed E-state index contributed by atoms with van der Waals surface area (Å²) in [7, 11) is 0. The lowest BCUT2D eigenvalue weighted by Gasteiger charge is -1.94. The van der Waals surface area contributed by atoms with Crippen molar-refractivity contribution in [1.29, 1.82) is 0 Å². The first-order valence-corrected chi connectivity index (χ1v) is 3.21. The molecule has 0 N–H and O–H groups in total. The predicted molar refractivity (Wildman–Crippen MR) is 36.9 cm³/mol. The largest absolute Gasteiger partial charge is 0.179 e. The number of hydrogen-bond donors (Lipinski definition) is 2. The SMILES string of the molecule is C[C@@H](S)CCS. The molecule has 0 saturated heterocycles. The van der Waals surface area contributed by atoms with Gasteiger partial charge in [0.15, 0.2) is 0 Å². The molecule has 0 aromatic carbocycles. The van der Waals surface area contributed by atoms with E-state index in [9.17, 15) is 0 Å². The van der Waals surface area contributed by atoms with E-state index in [2.05, 4.69) is 32.2 Å². The summed E-state index contributed by atoms with van der Waals surface area (Å²) in [6.07, 6.45) is 1.10. The Bertz CT molecular complexity index is 26.7. The smallest absolute Gasteiger partial charge is 0.000383 e. The van der Waals surface area contributed by atoms with Crippen molar-refractivity contribution >= 4 is 25.3 Å². The van der Waals surface area contributed by atoms with Crippen molar-refractivity contribution in [1.82, 2.24) is 0 Å². The van der Waals surface area contributed by atoms with Crippen LogP contribution in [0.15, 0.2) is 0 Å². The second kappa shape index (κ2) is 3.88. The van der Waals surface area contributed by atoms with E-state index < -0.39 is 0 Å². The molecule has 0 aliphatic carbocycles. The number of hydrogen-bond acceptors (Lipinski definition) is 2. The average Bonchev–Trinajstić information content (AvgIpc) is 1.35. The lowest BCUT2D eigenvalue weighted by Crippen LogP contribution is -1.89. The van der Waals surface area contributed by atoms with Gasteiger partial charge in [-0.25, -0.2) is 0 Å². The van der Waals surface area contributed by atoms with Crippen LogP contribution in [0.1, 0.15) is 13.3 Å². The summed E-state index contributed by atoms with van der Waals surface area (Å²) in [6, 6.07) is 0. The normalized spacial score (nSPS) is 14.5. The molecule has 0 unspecified atom stereocenters. The van der Waals surface area contributed by atoms with E-state index in [-0.39, 0.29) is 0 Å². The van der Waals surface area contributed by atoms with E-state index in [0.29, 0.717) is 5.25 Å². The summed E-state index contributed by atoms with van der Waals surface area (Å²) in [5, 5.41) is 0.516. The Labute approximate surface area is 50.1 Å². The molecule has 0 radical (unpaired) electrons. The molecule has 6 heavy (non-hydrogen) atoms. The molecule has 0 nitrogen and oxygen atoms in total. The summed E-state index contributed by atoms with van der Waals surface area (Å²) >= 11 is 8.14. The maximum Gasteiger partial charge on any atom is -0.000383 e. The third-order valence-electron chi connectivity index (χ3n) is 0.547. The van der Waals surface area contributed by atoms with Crippen LogP contribution in [0.2, 0.25) is 0 Å². The minimum absolute atomic E-state index is 0.516. The maximum absolute atomic E-state index is 4.13. The van der Waals surface area contributed by atoms with Crippen molar-refractivity contribution < 1.29 is 0 Å². The number of thiol groups is 2. The van der Waals surface area contributed by atoms with Gasteiger partial charge in [-0.3, -0.25) is 0 Å². The molecule has 38 valence electrons. The Morgan fingerprint density at radius 2 is 2.17 bits per heavy atom. The monoisotopic (exact) mass is 122 g/mol. The van der Waals surface area contributed by atoms with Gasteiger partial charge in [-0.1, -0.05) is 6.92 Å². The molecular weight excluding hydrogens is 112 g/mol. The Morgan fingerprint density at radius 1 is 1.67 bits per heavy atom. The molecule has 0 amide bonds. The van der Waals surface area contributed by atoms with Crippen molar-refractivity contribution in [3.8, 4) is 0 Å². The molecule has 0 rings (SSSR count). The van der Waals surface area contributed by atoms with Crippen molar-refractivity contribution in [3.63, 3.8) is 0 Å². The van der Waals surface area contributed by atoms with Gasteiger partial charge in [-0.15, -0.1) is 0 Å². The summed E-state index contributed by atoms with van der Waals surface area (Å²) in [5.41, 5.74) is 0. The van der Waals surface area contributed by atoms with E-state index in [1.54, 1.807) is 0 Å². The first-order valence-electron chi connectivity index (χ1n) is 2.06. The molecule has 0 spiro atoms. The van der Waals surface area contributed by atoms with Gasteiger partial charge in [0.2, 0.25) is 0 Å². The van der Waals surface area contributed by atoms with Gasteiger partial charge < -0.3 is 0 Å². The third kappa shape index (κ3) is 4.70. The summed E-state index contributed by atoms with van der Waals surface area (Å²) < 4.78 is 0. The highest BCUT2D eigenvalue weighted by Gasteiger charge is 1.87. The Hall–Kier alpha value is 0.700.